The zero-order valence-corrected chi connectivity index (χ0v) is 9.60. The van der Waals surface area contributed by atoms with Crippen LogP contribution < -0.4 is 10.1 Å². The van der Waals surface area contributed by atoms with Crippen molar-refractivity contribution in [1.82, 2.24) is 5.32 Å². The monoisotopic (exact) mass is 234 g/mol. The Morgan fingerprint density at radius 3 is 2.93 bits per heavy atom. The number of hydrogen-bond acceptors (Lipinski definition) is 3. The Morgan fingerprint density at radius 1 is 1.60 bits per heavy atom. The highest BCUT2D eigenvalue weighted by atomic mass is 35.5. The zero-order valence-electron chi connectivity index (χ0n) is 11.8. The number of methoxy groups -OCH3 is 1. The molecule has 0 aromatic heterocycles. The summed E-state index contributed by atoms with van der Waals surface area (Å²) in [7, 11) is 1.48. The molecule has 0 heterocycles. The second-order valence-corrected chi connectivity index (χ2v) is 3.26. The third-order valence-corrected chi connectivity index (χ3v) is 2.03. The number of likely N-dealkylation sites (N-methyl/N-ethyl adjacent to an activating group) is 1. The molecular formula is C11H18ClNO2. The minimum absolute atomic E-state index is 0. The van der Waals surface area contributed by atoms with Crippen LogP contribution in [0.25, 0.3) is 0 Å². The summed E-state index contributed by atoms with van der Waals surface area (Å²) in [6, 6.07) is 4.80. The van der Waals surface area contributed by atoms with Gasteiger partial charge in [-0.25, -0.2) is 0 Å². The Kier molecular flexibility index (Phi) is 4.05. The molecule has 1 atom stereocenters. The van der Waals surface area contributed by atoms with Crippen LogP contribution in [0.2, 0.25) is 0 Å². The predicted octanol–water partition coefficient (Wildman–Crippen LogP) is 1.97. The molecule has 4 heteroatoms. The summed E-state index contributed by atoms with van der Waals surface area (Å²) in [4.78, 5) is 0. The molecule has 0 saturated heterocycles. The number of hydrogen-bond donors (Lipinski definition) is 2. The van der Waals surface area contributed by atoms with Gasteiger partial charge >= 0.3 is 0 Å². The van der Waals surface area contributed by atoms with Gasteiger partial charge in [-0.05, 0) is 38.0 Å². The molecule has 0 spiro atoms. The molecule has 86 valence electrons. The fourth-order valence-corrected chi connectivity index (χ4v) is 1.25. The smallest absolute Gasteiger partial charge is 0.160 e. The zero-order chi connectivity index (χ0) is 13.1. The molecule has 3 nitrogen and oxygen atoms in total. The van der Waals surface area contributed by atoms with Crippen molar-refractivity contribution >= 4 is 12.4 Å². The molecule has 15 heavy (non-hydrogen) atoms. The number of nitrogens with one attached hydrogen (secondary N) is 1. The van der Waals surface area contributed by atoms with Gasteiger partial charge in [-0.3, -0.25) is 0 Å². The summed E-state index contributed by atoms with van der Waals surface area (Å²) in [5, 5.41) is 11.9. The van der Waals surface area contributed by atoms with Crippen LogP contribution in [0, 0.1) is 0 Å². The molecule has 2 N–H and O–H groups in total. The quantitative estimate of drug-likeness (QED) is 0.837. The van der Waals surface area contributed by atoms with Crippen LogP contribution in [0.1, 0.15) is 16.6 Å². The lowest BCUT2D eigenvalue weighted by atomic mass is 10.1. The van der Waals surface area contributed by atoms with Crippen LogP contribution in [-0.2, 0) is 6.42 Å². The van der Waals surface area contributed by atoms with Crippen molar-refractivity contribution in [2.24, 2.45) is 0 Å². The number of phenolic OH excluding ortho intramolecular Hbond substituents is 1. The number of benzene rings is 1. The topological polar surface area (TPSA) is 41.5 Å². The molecule has 1 aromatic rings. The predicted molar refractivity (Wildman–Crippen MR) is 64.1 cm³/mol. The maximum Gasteiger partial charge on any atom is 0.160 e. The van der Waals surface area contributed by atoms with E-state index in [9.17, 15) is 5.11 Å². The van der Waals surface area contributed by atoms with E-state index in [-0.39, 0.29) is 24.2 Å². The first-order chi connectivity index (χ1) is 7.81. The molecule has 1 aromatic carbocycles. The van der Waals surface area contributed by atoms with E-state index in [0.717, 1.165) is 5.56 Å². The SMILES string of the molecule is Cl.[2H]C([2H])([2H])NC(C)Cc1ccc(O)c(OC)c1. The lowest BCUT2D eigenvalue weighted by molar-refractivity contribution is 0.372. The Bertz CT molecular complexity index is 385. The molecule has 0 amide bonds. The average molecular weight is 235 g/mol. The van der Waals surface area contributed by atoms with Crippen LogP contribution in [0.5, 0.6) is 11.5 Å². The summed E-state index contributed by atoms with van der Waals surface area (Å²) < 4.78 is 26.3. The number of phenols is 1. The molecule has 0 fully saturated rings. The first-order valence-corrected chi connectivity index (χ1v) is 4.45. The van der Waals surface area contributed by atoms with E-state index in [0.29, 0.717) is 12.2 Å². The van der Waals surface area contributed by atoms with Gasteiger partial charge in [-0.15, -0.1) is 12.4 Å². The van der Waals surface area contributed by atoms with Crippen LogP contribution in [0.15, 0.2) is 18.2 Å². The maximum atomic E-state index is 9.42. The van der Waals surface area contributed by atoms with Crippen LogP contribution in [-0.4, -0.2) is 25.2 Å². The third-order valence-electron chi connectivity index (χ3n) is 2.03. The lowest BCUT2D eigenvalue weighted by Gasteiger charge is -2.11. The Morgan fingerprint density at radius 2 is 2.33 bits per heavy atom. The van der Waals surface area contributed by atoms with E-state index in [1.807, 2.05) is 0 Å². The van der Waals surface area contributed by atoms with Crippen molar-refractivity contribution in [3.63, 3.8) is 0 Å². The van der Waals surface area contributed by atoms with Gasteiger partial charge in [-0.2, -0.15) is 0 Å². The van der Waals surface area contributed by atoms with E-state index < -0.39 is 6.98 Å². The van der Waals surface area contributed by atoms with Gasteiger partial charge < -0.3 is 15.2 Å². The molecule has 0 saturated carbocycles. The maximum absolute atomic E-state index is 9.42. The van der Waals surface area contributed by atoms with Gasteiger partial charge in [0.15, 0.2) is 11.5 Å². The van der Waals surface area contributed by atoms with Gasteiger partial charge in [0.1, 0.15) is 0 Å². The van der Waals surface area contributed by atoms with Crippen molar-refractivity contribution in [3.8, 4) is 11.5 Å². The Hall–Kier alpha value is -0.930. The summed E-state index contributed by atoms with van der Waals surface area (Å²) in [5.74, 6) is 0.469. The first-order valence-electron chi connectivity index (χ1n) is 5.95. The Labute approximate surface area is 101 Å². The molecular weight excluding hydrogens is 214 g/mol. The van der Waals surface area contributed by atoms with E-state index in [4.69, 9.17) is 8.85 Å². The van der Waals surface area contributed by atoms with E-state index in [1.165, 1.54) is 13.2 Å². The average Bonchev–Trinajstić information content (AvgIpc) is 2.18. The second kappa shape index (κ2) is 6.53. The van der Waals surface area contributed by atoms with Crippen molar-refractivity contribution in [2.45, 2.75) is 19.4 Å². The molecule has 0 aliphatic heterocycles. The van der Waals surface area contributed by atoms with Gasteiger partial charge in [0.25, 0.3) is 0 Å². The largest absolute Gasteiger partial charge is 0.504 e. The normalized spacial score (nSPS) is 15.5. The highest BCUT2D eigenvalue weighted by molar-refractivity contribution is 5.85. The highest BCUT2D eigenvalue weighted by Gasteiger charge is 2.05. The summed E-state index contributed by atoms with van der Waals surface area (Å²) >= 11 is 0. The van der Waals surface area contributed by atoms with Gasteiger partial charge in [0.2, 0.25) is 0 Å². The fourth-order valence-electron chi connectivity index (χ4n) is 1.25. The van der Waals surface area contributed by atoms with E-state index in [2.05, 4.69) is 5.32 Å². The fraction of sp³-hybridized carbons (Fsp3) is 0.455. The molecule has 0 bridgehead atoms. The third kappa shape index (κ3) is 3.98. The van der Waals surface area contributed by atoms with Crippen molar-refractivity contribution < 1.29 is 14.0 Å². The molecule has 1 rings (SSSR count). The number of ether oxygens (including phenoxy) is 1. The molecule has 0 aliphatic rings. The van der Waals surface area contributed by atoms with Gasteiger partial charge in [0.05, 0.1) is 7.11 Å². The Balaban J connectivity index is 0.00000289. The summed E-state index contributed by atoms with van der Waals surface area (Å²) in [6.45, 7) is -0.341. The minimum atomic E-state index is -2.14. The number of halogens is 1. The van der Waals surface area contributed by atoms with Crippen LogP contribution in [0.4, 0.5) is 0 Å². The van der Waals surface area contributed by atoms with Gasteiger partial charge in [0, 0.05) is 10.2 Å². The van der Waals surface area contributed by atoms with Crippen LogP contribution >= 0.6 is 12.4 Å². The number of aromatic hydroxyl groups is 1. The molecule has 0 radical (unpaired) electrons. The van der Waals surface area contributed by atoms with Crippen LogP contribution in [0.3, 0.4) is 0 Å². The molecule has 1 unspecified atom stereocenters. The summed E-state index contributed by atoms with van der Waals surface area (Å²) in [6.07, 6.45) is 0.551. The lowest BCUT2D eigenvalue weighted by Crippen LogP contribution is -2.23. The van der Waals surface area contributed by atoms with Crippen molar-refractivity contribution in [3.05, 3.63) is 23.8 Å². The highest BCUT2D eigenvalue weighted by Crippen LogP contribution is 2.26. The number of rotatable bonds is 4. The van der Waals surface area contributed by atoms with Crippen molar-refractivity contribution in [2.75, 3.05) is 14.1 Å². The molecule has 0 aliphatic carbocycles. The minimum Gasteiger partial charge on any atom is -0.504 e. The summed E-state index contributed by atoms with van der Waals surface area (Å²) in [5.41, 5.74) is 0.906. The van der Waals surface area contributed by atoms with E-state index in [1.54, 1.807) is 19.1 Å². The second-order valence-electron chi connectivity index (χ2n) is 3.26. The first kappa shape index (κ1) is 9.31. The van der Waals surface area contributed by atoms with Crippen molar-refractivity contribution in [1.29, 1.82) is 0 Å². The standard InChI is InChI=1S/C11H17NO2.ClH/c1-8(12-2)6-9-4-5-10(13)11(7-9)14-3;/h4-5,7-8,12-13H,6H2,1-3H3;1H/i2D3;. The van der Waals surface area contributed by atoms with E-state index >= 15 is 0 Å². The van der Waals surface area contributed by atoms with Gasteiger partial charge in [-0.1, -0.05) is 6.07 Å².